The van der Waals surface area contributed by atoms with Crippen molar-refractivity contribution in [2.75, 3.05) is 18.4 Å². The monoisotopic (exact) mass is 363 g/mol. The van der Waals surface area contributed by atoms with Crippen molar-refractivity contribution in [1.82, 2.24) is 30.0 Å². The van der Waals surface area contributed by atoms with Gasteiger partial charge in [0.15, 0.2) is 0 Å². The Labute approximate surface area is 157 Å². The maximum atomic E-state index is 12.6. The molecule has 0 aromatic carbocycles. The Bertz CT molecular complexity index is 911. The zero-order valence-corrected chi connectivity index (χ0v) is 15.1. The lowest BCUT2D eigenvalue weighted by Crippen LogP contribution is -2.39. The summed E-state index contributed by atoms with van der Waals surface area (Å²) >= 11 is 0. The first kappa shape index (κ1) is 17.1. The predicted molar refractivity (Wildman–Crippen MR) is 101 cm³/mol. The molecule has 0 saturated carbocycles. The number of carbonyl (C=O) groups is 1. The fraction of sp³-hybridized carbons (Fsp3) is 0.316. The number of aromatic amines is 1. The third-order valence-corrected chi connectivity index (χ3v) is 4.64. The Morgan fingerprint density at radius 3 is 2.93 bits per heavy atom. The molecule has 1 fully saturated rings. The van der Waals surface area contributed by atoms with Crippen LogP contribution in [0.4, 0.5) is 11.6 Å². The SMILES string of the molecule is Cc1nc(Nc2ccccn2)cc([C@@H]2CCCN(C(=O)c3ccn[nH]3)C2)n1. The number of rotatable bonds is 4. The summed E-state index contributed by atoms with van der Waals surface area (Å²) < 4.78 is 0. The first-order valence-corrected chi connectivity index (χ1v) is 9.01. The zero-order chi connectivity index (χ0) is 18.6. The van der Waals surface area contributed by atoms with Gasteiger partial charge in [-0.05, 0) is 38.0 Å². The van der Waals surface area contributed by atoms with E-state index < -0.39 is 0 Å². The molecule has 0 unspecified atom stereocenters. The molecule has 1 amide bonds. The highest BCUT2D eigenvalue weighted by molar-refractivity contribution is 5.92. The number of carbonyl (C=O) groups excluding carboxylic acids is 1. The topological polar surface area (TPSA) is 99.7 Å². The number of anilines is 2. The number of H-pyrrole nitrogens is 1. The maximum Gasteiger partial charge on any atom is 0.271 e. The van der Waals surface area contributed by atoms with Crippen molar-refractivity contribution < 1.29 is 4.79 Å². The number of piperidine rings is 1. The second-order valence-corrected chi connectivity index (χ2v) is 6.63. The van der Waals surface area contributed by atoms with Crippen LogP contribution in [0.25, 0.3) is 0 Å². The molecular weight excluding hydrogens is 342 g/mol. The van der Waals surface area contributed by atoms with E-state index in [0.29, 0.717) is 23.9 Å². The highest BCUT2D eigenvalue weighted by Gasteiger charge is 2.27. The lowest BCUT2D eigenvalue weighted by molar-refractivity contribution is 0.0700. The lowest BCUT2D eigenvalue weighted by Gasteiger charge is -2.32. The van der Waals surface area contributed by atoms with E-state index in [2.05, 4.69) is 30.5 Å². The van der Waals surface area contributed by atoms with Crippen LogP contribution in [0.15, 0.2) is 42.7 Å². The van der Waals surface area contributed by atoms with Crippen molar-refractivity contribution in [3.8, 4) is 0 Å². The molecule has 4 heterocycles. The van der Waals surface area contributed by atoms with E-state index in [4.69, 9.17) is 0 Å². The molecule has 0 spiro atoms. The van der Waals surface area contributed by atoms with Gasteiger partial charge in [-0.15, -0.1) is 0 Å². The highest BCUT2D eigenvalue weighted by atomic mass is 16.2. The van der Waals surface area contributed by atoms with Crippen LogP contribution >= 0.6 is 0 Å². The van der Waals surface area contributed by atoms with E-state index in [-0.39, 0.29) is 11.8 Å². The molecule has 0 bridgehead atoms. The second kappa shape index (κ2) is 7.53. The molecule has 8 heteroatoms. The van der Waals surface area contributed by atoms with E-state index in [1.807, 2.05) is 36.1 Å². The second-order valence-electron chi connectivity index (χ2n) is 6.63. The summed E-state index contributed by atoms with van der Waals surface area (Å²) in [7, 11) is 0. The van der Waals surface area contributed by atoms with Gasteiger partial charge in [-0.3, -0.25) is 9.89 Å². The number of pyridine rings is 1. The molecule has 1 saturated heterocycles. The summed E-state index contributed by atoms with van der Waals surface area (Å²) in [5.41, 5.74) is 1.47. The Kier molecular flexibility index (Phi) is 4.78. The summed E-state index contributed by atoms with van der Waals surface area (Å²) in [5, 5.41) is 9.85. The van der Waals surface area contributed by atoms with Gasteiger partial charge in [-0.25, -0.2) is 15.0 Å². The molecule has 3 aromatic rings. The van der Waals surface area contributed by atoms with Gasteiger partial charge < -0.3 is 10.2 Å². The van der Waals surface area contributed by atoms with Crippen molar-refractivity contribution in [3.05, 3.63) is 59.9 Å². The van der Waals surface area contributed by atoms with Crippen LogP contribution in [0.1, 0.15) is 40.8 Å². The number of nitrogens with one attached hydrogen (secondary N) is 2. The van der Waals surface area contributed by atoms with E-state index in [1.54, 1.807) is 18.5 Å². The molecule has 4 rings (SSSR count). The van der Waals surface area contributed by atoms with Crippen LogP contribution < -0.4 is 5.32 Å². The standard InChI is InChI=1S/C19H21N7O/c1-13-22-16(11-18(23-13)24-17-6-2-3-8-20-17)14-5-4-10-26(12-14)19(27)15-7-9-21-25-15/h2-3,6-9,11,14H,4-5,10,12H2,1H3,(H,21,25)(H,20,22,23,24)/t14-/m1/s1. The van der Waals surface area contributed by atoms with E-state index in [1.165, 1.54) is 0 Å². The molecular formula is C19H21N7O. The van der Waals surface area contributed by atoms with Crippen LogP contribution in [0, 0.1) is 6.92 Å². The quantitative estimate of drug-likeness (QED) is 0.739. The summed E-state index contributed by atoms with van der Waals surface area (Å²) in [6.07, 6.45) is 5.26. The number of hydrogen-bond donors (Lipinski definition) is 2. The Morgan fingerprint density at radius 2 is 2.15 bits per heavy atom. The molecule has 0 radical (unpaired) electrons. The summed E-state index contributed by atoms with van der Waals surface area (Å²) in [6.45, 7) is 3.26. The Hall–Kier alpha value is -3.29. The molecule has 27 heavy (non-hydrogen) atoms. The summed E-state index contributed by atoms with van der Waals surface area (Å²) in [6, 6.07) is 9.34. The van der Waals surface area contributed by atoms with Crippen LogP contribution in [0.3, 0.4) is 0 Å². The van der Waals surface area contributed by atoms with Crippen LogP contribution in [-0.2, 0) is 0 Å². The number of likely N-dealkylation sites (tertiary alicyclic amines) is 1. The van der Waals surface area contributed by atoms with Gasteiger partial charge in [-0.1, -0.05) is 6.07 Å². The van der Waals surface area contributed by atoms with E-state index >= 15 is 0 Å². The van der Waals surface area contributed by atoms with Crippen LogP contribution in [0.5, 0.6) is 0 Å². The van der Waals surface area contributed by atoms with Crippen molar-refractivity contribution in [2.45, 2.75) is 25.7 Å². The van der Waals surface area contributed by atoms with Crippen LogP contribution in [0.2, 0.25) is 0 Å². The summed E-state index contributed by atoms with van der Waals surface area (Å²) in [5.74, 6) is 2.31. The van der Waals surface area contributed by atoms with Crippen LogP contribution in [-0.4, -0.2) is 49.0 Å². The molecule has 0 aliphatic carbocycles. The Balaban J connectivity index is 1.53. The van der Waals surface area contributed by atoms with Gasteiger partial charge in [0, 0.05) is 37.5 Å². The third kappa shape index (κ3) is 3.94. The number of nitrogens with zero attached hydrogens (tertiary/aromatic N) is 5. The van der Waals surface area contributed by atoms with Gasteiger partial charge in [0.05, 0.1) is 5.69 Å². The molecule has 1 aliphatic heterocycles. The molecule has 2 N–H and O–H groups in total. The molecule has 8 nitrogen and oxygen atoms in total. The largest absolute Gasteiger partial charge is 0.337 e. The Morgan fingerprint density at radius 1 is 1.22 bits per heavy atom. The average molecular weight is 363 g/mol. The van der Waals surface area contributed by atoms with Crippen molar-refractivity contribution >= 4 is 17.5 Å². The highest BCUT2D eigenvalue weighted by Crippen LogP contribution is 2.28. The number of aryl methyl sites for hydroxylation is 1. The number of aromatic nitrogens is 5. The van der Waals surface area contributed by atoms with Gasteiger partial charge in [0.2, 0.25) is 0 Å². The first-order valence-electron chi connectivity index (χ1n) is 9.01. The minimum atomic E-state index is -0.0187. The minimum Gasteiger partial charge on any atom is -0.337 e. The van der Waals surface area contributed by atoms with Gasteiger partial charge in [0.1, 0.15) is 23.2 Å². The third-order valence-electron chi connectivity index (χ3n) is 4.64. The molecule has 1 atom stereocenters. The minimum absolute atomic E-state index is 0.0187. The smallest absolute Gasteiger partial charge is 0.271 e. The lowest BCUT2D eigenvalue weighted by atomic mass is 9.94. The van der Waals surface area contributed by atoms with Gasteiger partial charge in [-0.2, -0.15) is 5.10 Å². The predicted octanol–water partition coefficient (Wildman–Crippen LogP) is 2.67. The van der Waals surface area contributed by atoms with Crippen molar-refractivity contribution in [1.29, 1.82) is 0 Å². The van der Waals surface area contributed by atoms with E-state index in [0.717, 1.165) is 30.9 Å². The molecule has 138 valence electrons. The maximum absolute atomic E-state index is 12.6. The molecule has 1 aliphatic rings. The normalized spacial score (nSPS) is 16.9. The van der Waals surface area contributed by atoms with Crippen molar-refractivity contribution in [3.63, 3.8) is 0 Å². The van der Waals surface area contributed by atoms with Crippen molar-refractivity contribution in [2.24, 2.45) is 0 Å². The molecule has 3 aromatic heterocycles. The van der Waals surface area contributed by atoms with Gasteiger partial charge in [0.25, 0.3) is 5.91 Å². The fourth-order valence-electron chi connectivity index (χ4n) is 3.38. The first-order chi connectivity index (χ1) is 13.2. The van der Waals surface area contributed by atoms with Gasteiger partial charge >= 0.3 is 0 Å². The zero-order valence-electron chi connectivity index (χ0n) is 15.1. The number of amides is 1. The van der Waals surface area contributed by atoms with E-state index in [9.17, 15) is 4.79 Å². The fourth-order valence-corrected chi connectivity index (χ4v) is 3.38. The summed E-state index contributed by atoms with van der Waals surface area (Å²) in [4.78, 5) is 27.8. The number of hydrogen-bond acceptors (Lipinski definition) is 6. The average Bonchev–Trinajstić information content (AvgIpc) is 3.23.